The molecule has 6 heteroatoms. The van der Waals surface area contributed by atoms with Crippen molar-refractivity contribution in [2.24, 2.45) is 0 Å². The van der Waals surface area contributed by atoms with Crippen LogP contribution in [0.4, 0.5) is 0 Å². The van der Waals surface area contributed by atoms with Crippen LogP contribution in [0.3, 0.4) is 0 Å². The van der Waals surface area contributed by atoms with Gasteiger partial charge in [0.15, 0.2) is 5.65 Å². The van der Waals surface area contributed by atoms with E-state index in [0.717, 1.165) is 34.4 Å². The first-order valence-electron chi connectivity index (χ1n) is 6.72. The number of alkyl halides is 1. The maximum Gasteiger partial charge on any atom is 0.160 e. The molecular weight excluding hydrogens is 340 g/mol. The first-order valence-corrected chi connectivity index (χ1v) is 7.95. The largest absolute Gasteiger partial charge is 0.309 e. The van der Waals surface area contributed by atoms with Gasteiger partial charge in [0, 0.05) is 16.7 Å². The number of pyridine rings is 1. The first kappa shape index (κ1) is 15.7. The van der Waals surface area contributed by atoms with E-state index in [0.29, 0.717) is 6.04 Å². The predicted molar refractivity (Wildman–Crippen MR) is 87.4 cm³/mol. The van der Waals surface area contributed by atoms with E-state index < -0.39 is 0 Å². The average molecular weight is 360 g/mol. The van der Waals surface area contributed by atoms with Gasteiger partial charge in [-0.2, -0.15) is 0 Å². The second-order valence-corrected chi connectivity index (χ2v) is 6.96. The molecule has 0 fully saturated rings. The van der Waals surface area contributed by atoms with Crippen LogP contribution in [-0.2, 0) is 0 Å². The van der Waals surface area contributed by atoms with Crippen LogP contribution >= 0.6 is 27.5 Å². The van der Waals surface area contributed by atoms with E-state index in [1.807, 2.05) is 19.2 Å². The van der Waals surface area contributed by atoms with Crippen LogP contribution < -0.4 is 0 Å². The van der Waals surface area contributed by atoms with E-state index in [1.165, 1.54) is 0 Å². The molecule has 0 saturated carbocycles. The van der Waals surface area contributed by atoms with Gasteiger partial charge in [0.1, 0.15) is 11.3 Å². The number of aromatic nitrogens is 3. The lowest BCUT2D eigenvalue weighted by atomic mass is 10.2. The van der Waals surface area contributed by atoms with Crippen LogP contribution in [0.15, 0.2) is 16.7 Å². The molecule has 2 heterocycles. The second-order valence-electron chi connectivity index (χ2n) is 5.39. The van der Waals surface area contributed by atoms with Gasteiger partial charge >= 0.3 is 0 Å². The van der Waals surface area contributed by atoms with E-state index >= 15 is 0 Å². The van der Waals surface area contributed by atoms with Crippen molar-refractivity contribution < 1.29 is 0 Å². The highest BCUT2D eigenvalue weighted by molar-refractivity contribution is 9.10. The van der Waals surface area contributed by atoms with Crippen molar-refractivity contribution in [3.05, 3.63) is 22.6 Å². The lowest BCUT2D eigenvalue weighted by Crippen LogP contribution is -2.19. The zero-order valence-electron chi connectivity index (χ0n) is 12.3. The van der Waals surface area contributed by atoms with Crippen molar-refractivity contribution in [2.45, 2.75) is 31.7 Å². The summed E-state index contributed by atoms with van der Waals surface area (Å²) in [6.45, 7) is 5.16. The summed E-state index contributed by atoms with van der Waals surface area (Å²) in [5.74, 6) is 0.888. The minimum absolute atomic E-state index is 0.134. The molecule has 0 radical (unpaired) electrons. The third-order valence-electron chi connectivity index (χ3n) is 3.31. The Morgan fingerprint density at radius 3 is 2.70 bits per heavy atom. The average Bonchev–Trinajstić information content (AvgIpc) is 2.74. The van der Waals surface area contributed by atoms with Crippen LogP contribution in [0, 0.1) is 0 Å². The highest BCUT2D eigenvalue weighted by Crippen LogP contribution is 2.29. The highest BCUT2D eigenvalue weighted by atomic mass is 79.9. The summed E-state index contributed by atoms with van der Waals surface area (Å²) in [5, 5.41) is -0.134. The van der Waals surface area contributed by atoms with Crippen molar-refractivity contribution in [1.82, 2.24) is 19.4 Å². The molecule has 2 unspecified atom stereocenters. The third kappa shape index (κ3) is 3.32. The third-order valence-corrected chi connectivity index (χ3v) is 3.94. The van der Waals surface area contributed by atoms with Crippen molar-refractivity contribution in [3.8, 4) is 0 Å². The topological polar surface area (TPSA) is 34.0 Å². The van der Waals surface area contributed by atoms with Crippen LogP contribution in [0.5, 0.6) is 0 Å². The number of hydrogen-bond donors (Lipinski definition) is 0. The number of halogens is 2. The van der Waals surface area contributed by atoms with Crippen LogP contribution in [0.2, 0.25) is 0 Å². The van der Waals surface area contributed by atoms with Gasteiger partial charge in [-0.05, 0) is 62.9 Å². The van der Waals surface area contributed by atoms with Crippen LogP contribution in [0.25, 0.3) is 11.2 Å². The SMILES string of the molecule is CC(Cl)c1nc2cc(Br)cnc2n1C(C)CCN(C)C. The summed E-state index contributed by atoms with van der Waals surface area (Å²) in [6, 6.07) is 2.30. The number of hydrogen-bond acceptors (Lipinski definition) is 3. The molecule has 0 N–H and O–H groups in total. The van der Waals surface area contributed by atoms with Gasteiger partial charge in [-0.3, -0.25) is 0 Å². The molecule has 0 spiro atoms. The van der Waals surface area contributed by atoms with Gasteiger partial charge < -0.3 is 9.47 Å². The standard InChI is InChI=1S/C14H20BrClN4/c1-9(5-6-19(3)4)20-13(10(2)16)18-12-7-11(15)8-17-14(12)20/h7-10H,5-6H2,1-4H3. The molecule has 20 heavy (non-hydrogen) atoms. The molecule has 0 aromatic carbocycles. The van der Waals surface area contributed by atoms with E-state index in [1.54, 1.807) is 0 Å². The smallest absolute Gasteiger partial charge is 0.160 e. The maximum absolute atomic E-state index is 6.29. The Kier molecular flexibility index (Phi) is 5.04. The van der Waals surface area contributed by atoms with Crippen LogP contribution in [-0.4, -0.2) is 40.1 Å². The highest BCUT2D eigenvalue weighted by Gasteiger charge is 2.20. The predicted octanol–water partition coefficient (Wildman–Crippen LogP) is 4.01. The summed E-state index contributed by atoms with van der Waals surface area (Å²) in [7, 11) is 4.17. The summed E-state index contributed by atoms with van der Waals surface area (Å²) in [4.78, 5) is 11.3. The molecule has 0 aliphatic rings. The fourth-order valence-corrected chi connectivity index (χ4v) is 2.74. The molecule has 110 valence electrons. The molecule has 2 atom stereocenters. The van der Waals surface area contributed by atoms with Crippen molar-refractivity contribution >= 4 is 38.7 Å². The maximum atomic E-state index is 6.29. The molecule has 4 nitrogen and oxygen atoms in total. The van der Waals surface area contributed by atoms with Gasteiger partial charge in [-0.1, -0.05) is 0 Å². The Hall–Kier alpha value is -0.650. The zero-order chi connectivity index (χ0) is 14.9. The summed E-state index contributed by atoms with van der Waals surface area (Å²) in [5.41, 5.74) is 1.79. The van der Waals surface area contributed by atoms with Crippen molar-refractivity contribution in [3.63, 3.8) is 0 Å². The zero-order valence-corrected chi connectivity index (χ0v) is 14.6. The monoisotopic (exact) mass is 358 g/mol. The normalized spacial score (nSPS) is 14.9. The molecule has 0 saturated heterocycles. The van der Waals surface area contributed by atoms with E-state index in [4.69, 9.17) is 11.6 Å². The fraction of sp³-hybridized carbons (Fsp3) is 0.571. The first-order chi connectivity index (χ1) is 9.40. The van der Waals surface area contributed by atoms with E-state index in [-0.39, 0.29) is 5.38 Å². The Labute approximate surface area is 133 Å². The minimum atomic E-state index is -0.134. The van der Waals surface area contributed by atoms with Gasteiger partial charge in [0.05, 0.1) is 5.38 Å². The molecule has 0 bridgehead atoms. The lowest BCUT2D eigenvalue weighted by Gasteiger charge is -2.20. The lowest BCUT2D eigenvalue weighted by molar-refractivity contribution is 0.357. The molecule has 2 aromatic rings. The molecule has 2 aromatic heterocycles. The number of fused-ring (bicyclic) bond motifs is 1. The Morgan fingerprint density at radius 2 is 2.10 bits per heavy atom. The van der Waals surface area contributed by atoms with Gasteiger partial charge in [0.2, 0.25) is 0 Å². The van der Waals surface area contributed by atoms with E-state index in [2.05, 4.69) is 56.4 Å². The second kappa shape index (κ2) is 6.41. The number of imidazole rings is 1. The molecule has 0 aliphatic carbocycles. The van der Waals surface area contributed by atoms with Gasteiger partial charge in [-0.15, -0.1) is 11.6 Å². The molecular formula is C14H20BrClN4. The fourth-order valence-electron chi connectivity index (χ4n) is 2.26. The number of rotatable bonds is 5. The van der Waals surface area contributed by atoms with E-state index in [9.17, 15) is 0 Å². The van der Waals surface area contributed by atoms with Crippen molar-refractivity contribution in [1.29, 1.82) is 0 Å². The molecule has 0 amide bonds. The summed E-state index contributed by atoms with van der Waals surface area (Å²) in [6.07, 6.45) is 2.84. The minimum Gasteiger partial charge on any atom is -0.309 e. The molecule has 2 rings (SSSR count). The number of nitrogens with zero attached hydrogens (tertiary/aromatic N) is 4. The van der Waals surface area contributed by atoms with Gasteiger partial charge in [-0.25, -0.2) is 9.97 Å². The Morgan fingerprint density at radius 1 is 1.40 bits per heavy atom. The summed E-state index contributed by atoms with van der Waals surface area (Å²) >= 11 is 9.73. The van der Waals surface area contributed by atoms with Crippen molar-refractivity contribution in [2.75, 3.05) is 20.6 Å². The summed E-state index contributed by atoms with van der Waals surface area (Å²) < 4.78 is 3.10. The Balaban J connectivity index is 2.45. The van der Waals surface area contributed by atoms with Gasteiger partial charge in [0.25, 0.3) is 0 Å². The quantitative estimate of drug-likeness (QED) is 0.757. The van der Waals surface area contributed by atoms with Crippen LogP contribution in [0.1, 0.15) is 37.5 Å². The Bertz CT molecular complexity index is 594. The molecule has 0 aliphatic heterocycles.